The number of hydrogen-bond acceptors (Lipinski definition) is 14. The van der Waals surface area contributed by atoms with Gasteiger partial charge < -0.3 is 0 Å². The fraction of sp³-hybridized carbons (Fsp3) is 0. The first kappa shape index (κ1) is 50.4. The van der Waals surface area contributed by atoms with Crippen molar-refractivity contribution in [1.82, 2.24) is 28.7 Å². The van der Waals surface area contributed by atoms with Gasteiger partial charge in [-0.25, -0.2) is 19.8 Å². The van der Waals surface area contributed by atoms with E-state index in [0.29, 0.717) is 78.5 Å². The lowest BCUT2D eigenvalue weighted by molar-refractivity contribution is 0.483. The number of nitrogens with zero attached hydrogens (tertiary/aromatic N) is 12. The van der Waals surface area contributed by atoms with Crippen molar-refractivity contribution in [2.24, 2.45) is 0 Å². The molecule has 3 heterocycles. The Kier molecular flexibility index (Phi) is 14.0. The highest BCUT2D eigenvalue weighted by Gasteiger charge is 2.31. The second-order valence-electron chi connectivity index (χ2n) is 15.3. The molecule has 0 aliphatic carbocycles. The van der Waals surface area contributed by atoms with Crippen LogP contribution in [0.25, 0.3) is 98.9 Å². The lowest BCUT2D eigenvalue weighted by Crippen LogP contribution is -2.02. The van der Waals surface area contributed by atoms with Gasteiger partial charge in [-0.3, -0.25) is 27.9 Å². The van der Waals surface area contributed by atoms with Crippen LogP contribution in [0, 0.1) is 53.7 Å². The summed E-state index contributed by atoms with van der Waals surface area (Å²) in [4.78, 5) is 26.6. The summed E-state index contributed by atoms with van der Waals surface area (Å²) in [5, 5.41) is 30.0. The van der Waals surface area contributed by atoms with E-state index in [1.807, 2.05) is 69.8 Å². The molecule has 21 nitrogen and oxygen atoms in total. The molecule has 7 aromatic carbocycles. The SMILES string of the molecule is O=S(=O)=O.O=S(=O)=O.[C-]#[N+]c1cc(-c2nc3c4c(nc(-c5ccc(C#N)c(C#N)c5)n4-c4ccc(S(=O)(=O)O)cc4)c4c(nc(-c5ccc([N+]#[C-])c([N+]#[C-])c5)n4-c4ccccc4)c3n2-c2ccccc2)ccc1C#N. The third kappa shape index (κ3) is 9.65. The van der Waals surface area contributed by atoms with Crippen LogP contribution in [0.4, 0.5) is 17.1 Å². The number of para-hydroxylation sites is 2. The summed E-state index contributed by atoms with van der Waals surface area (Å²) in [6.07, 6.45) is 0. The van der Waals surface area contributed by atoms with Gasteiger partial charge in [0.15, 0.2) is 11.4 Å². The highest BCUT2D eigenvalue weighted by Crippen LogP contribution is 2.45. The van der Waals surface area contributed by atoms with E-state index in [1.54, 1.807) is 53.1 Å². The third-order valence-corrected chi connectivity index (χ3v) is 12.1. The quantitative estimate of drug-likeness (QED) is 0.115. The second kappa shape index (κ2) is 20.8. The highest BCUT2D eigenvalue weighted by atomic mass is 32.2. The maximum atomic E-state index is 12.3. The van der Waals surface area contributed by atoms with E-state index in [2.05, 4.69) is 32.7 Å². The van der Waals surface area contributed by atoms with E-state index >= 15 is 0 Å². The summed E-state index contributed by atoms with van der Waals surface area (Å²) in [6.45, 7) is 23.6. The summed E-state index contributed by atoms with van der Waals surface area (Å²) in [5.74, 6) is 0.997. The Morgan fingerprint density at radius 2 is 0.813 bits per heavy atom. The van der Waals surface area contributed by atoms with Crippen LogP contribution in [0.2, 0.25) is 0 Å². The van der Waals surface area contributed by atoms with Crippen LogP contribution in [0.15, 0.2) is 144 Å². The minimum atomic E-state index is -4.61. The van der Waals surface area contributed by atoms with Crippen molar-refractivity contribution in [3.05, 3.63) is 190 Å². The number of fused-ring (bicyclic) bond motifs is 6. The zero-order valence-corrected chi connectivity index (χ0v) is 40.0. The Bertz CT molecular complexity index is 4540. The largest absolute Gasteiger partial charge is 0.425 e. The van der Waals surface area contributed by atoms with Crippen LogP contribution < -0.4 is 0 Å². The molecule has 0 fully saturated rings. The third-order valence-electron chi connectivity index (χ3n) is 11.2. The van der Waals surface area contributed by atoms with Crippen molar-refractivity contribution in [2.75, 3.05) is 0 Å². The van der Waals surface area contributed by atoms with Crippen LogP contribution in [-0.4, -0.2) is 66.9 Å². The van der Waals surface area contributed by atoms with Gasteiger partial charge in [0.2, 0.25) is 5.69 Å². The maximum absolute atomic E-state index is 12.3. The Labute approximate surface area is 426 Å². The molecule has 0 spiro atoms. The summed E-state index contributed by atoms with van der Waals surface area (Å²) in [6, 6.07) is 44.9. The predicted molar refractivity (Wildman–Crippen MR) is 269 cm³/mol. The lowest BCUT2D eigenvalue weighted by Gasteiger charge is -2.13. The molecule has 0 atom stereocenters. The van der Waals surface area contributed by atoms with Crippen molar-refractivity contribution >= 4 is 81.5 Å². The average Bonchev–Trinajstić information content (AvgIpc) is 4.15. The molecule has 0 saturated heterocycles. The number of imidazole rings is 3. The molecule has 10 aromatic rings. The normalized spacial score (nSPS) is 10.5. The molecule has 0 amide bonds. The van der Waals surface area contributed by atoms with Crippen molar-refractivity contribution in [2.45, 2.75) is 4.90 Å². The number of nitriles is 3. The van der Waals surface area contributed by atoms with Gasteiger partial charge >= 0.3 is 21.2 Å². The van der Waals surface area contributed by atoms with Crippen LogP contribution >= 0.6 is 0 Å². The highest BCUT2D eigenvalue weighted by molar-refractivity contribution is 7.85. The molecule has 360 valence electrons. The van der Waals surface area contributed by atoms with Crippen LogP contribution in [0.3, 0.4) is 0 Å². The van der Waals surface area contributed by atoms with Gasteiger partial charge in [-0.2, -0.15) is 24.2 Å². The van der Waals surface area contributed by atoms with Gasteiger partial charge in [-0.15, -0.1) is 25.3 Å². The number of aromatic nitrogens is 6. The van der Waals surface area contributed by atoms with Crippen molar-refractivity contribution in [3.8, 4) is 69.4 Å². The first-order chi connectivity index (χ1) is 36.1. The molecule has 0 radical (unpaired) electrons. The van der Waals surface area contributed by atoms with E-state index in [1.165, 1.54) is 30.3 Å². The predicted octanol–water partition coefficient (Wildman–Crippen LogP) is 9.21. The average molecular weight is 1050 g/mol. The molecule has 0 aliphatic rings. The molecule has 0 aliphatic heterocycles. The number of rotatable bonds is 7. The molecule has 10 rings (SSSR count). The van der Waals surface area contributed by atoms with E-state index in [0.717, 1.165) is 0 Å². The Hall–Kier alpha value is -11.0. The van der Waals surface area contributed by atoms with Gasteiger partial charge in [-0.1, -0.05) is 66.7 Å². The fourth-order valence-electron chi connectivity index (χ4n) is 8.25. The monoisotopic (exact) mass is 1040 g/mol. The van der Waals surface area contributed by atoms with Gasteiger partial charge in [-0.05, 0) is 72.8 Å². The van der Waals surface area contributed by atoms with Crippen LogP contribution in [0.1, 0.15) is 16.7 Å². The molecule has 75 heavy (non-hydrogen) atoms. The molecular weight excluding hydrogens is 1020 g/mol. The van der Waals surface area contributed by atoms with E-state index in [-0.39, 0.29) is 44.5 Å². The Balaban J connectivity index is 0.000000873. The van der Waals surface area contributed by atoms with Crippen molar-refractivity contribution in [1.29, 1.82) is 15.8 Å². The lowest BCUT2D eigenvalue weighted by atomic mass is 10.1. The molecule has 0 unspecified atom stereocenters. The van der Waals surface area contributed by atoms with Gasteiger partial charge in [0.1, 0.15) is 62.7 Å². The minimum absolute atomic E-state index is 0.0813. The summed E-state index contributed by atoms with van der Waals surface area (Å²) in [7, 11) is -10.8. The molecule has 0 bridgehead atoms. The summed E-state index contributed by atoms with van der Waals surface area (Å²) >= 11 is 0. The fourth-order valence-corrected chi connectivity index (χ4v) is 8.73. The molecule has 24 heteroatoms. The first-order valence-electron chi connectivity index (χ1n) is 20.9. The van der Waals surface area contributed by atoms with Crippen LogP contribution in [-0.2, 0) is 31.3 Å². The van der Waals surface area contributed by atoms with Crippen LogP contribution in [0.5, 0.6) is 0 Å². The molecule has 1 N–H and O–H groups in total. The van der Waals surface area contributed by atoms with Gasteiger partial charge in [0.25, 0.3) is 10.1 Å². The maximum Gasteiger partial charge on any atom is 0.425 e. The Morgan fingerprint density at radius 3 is 1.20 bits per heavy atom. The smallest absolute Gasteiger partial charge is 0.290 e. The topological polar surface area (TPSA) is 295 Å². The standard InChI is InChI=1S/C51H24N12O3S.2O3S/c1-55-40-23-18-32(26-42(40)57-3)51-60-43-46(62(51)37-12-8-5-9-13-37)44-48(45-47(43)61(36-10-6-4-7-11-36)50(59-45)31-15-17-34(28-53)41(25-31)56-2)63(38-19-21-39(22-20-38)67(64,65)66)49(58-44)30-14-16-33(27-52)35(24-30)29-54;2*1-4(2)3/h4-26H,(H,64,65,66);;. The van der Waals surface area contributed by atoms with Crippen molar-refractivity contribution < 1.29 is 38.2 Å². The molecule has 0 saturated carbocycles. The molecular formula is C51H24N12O9S3. The first-order valence-corrected chi connectivity index (χ1v) is 24.4. The van der Waals surface area contributed by atoms with E-state index in [9.17, 15) is 28.8 Å². The summed E-state index contributed by atoms with van der Waals surface area (Å²) < 4.78 is 90.9. The summed E-state index contributed by atoms with van der Waals surface area (Å²) in [5.41, 5.74) is 6.29. The second-order valence-corrected chi connectivity index (χ2v) is 17.6. The Morgan fingerprint density at radius 1 is 0.453 bits per heavy atom. The van der Waals surface area contributed by atoms with Crippen molar-refractivity contribution in [3.63, 3.8) is 0 Å². The minimum Gasteiger partial charge on any atom is -0.290 e. The van der Waals surface area contributed by atoms with Gasteiger partial charge in [0, 0.05) is 33.8 Å². The molecule has 3 aromatic heterocycles. The zero-order chi connectivity index (χ0) is 53.7. The van der Waals surface area contributed by atoms with Gasteiger partial charge in [0.05, 0.1) is 47.4 Å². The van der Waals surface area contributed by atoms with E-state index < -0.39 is 31.3 Å². The number of hydrogen-bond donors (Lipinski definition) is 1. The number of benzene rings is 7. The zero-order valence-electron chi connectivity index (χ0n) is 37.6. The van der Waals surface area contributed by atoms with E-state index in [4.69, 9.17) is 59.9 Å².